The Labute approximate surface area is 199 Å². The first-order valence-corrected chi connectivity index (χ1v) is 10.9. The van der Waals surface area contributed by atoms with Crippen molar-refractivity contribution >= 4 is 5.70 Å². The van der Waals surface area contributed by atoms with Gasteiger partial charge in [0, 0.05) is 36.5 Å². The standard InChI is InChI=1S/C25H21F3N6O/c1-16(34-12-11-30-22(15-34)25(26,27)28)17-7-9-18(10-8-17)20-13-29-14-21(31-20)24-33-32-23(35-24)19-5-3-2-4-6-19/h2-10,13-14,22,30H,1,11-12,15H2. The van der Waals surface area contributed by atoms with Gasteiger partial charge < -0.3 is 14.6 Å². The Morgan fingerprint density at radius 3 is 2.40 bits per heavy atom. The molecule has 3 heterocycles. The van der Waals surface area contributed by atoms with Crippen LogP contribution in [0.5, 0.6) is 0 Å². The molecular weight excluding hydrogens is 457 g/mol. The van der Waals surface area contributed by atoms with Gasteiger partial charge in [-0.2, -0.15) is 13.2 Å². The lowest BCUT2D eigenvalue weighted by Gasteiger charge is -2.37. The SMILES string of the molecule is C=C(c1ccc(-c2cncc(-c3nnc(-c4ccccc4)o3)n2)cc1)N1CCNC(C(F)(F)F)C1. The third kappa shape index (κ3) is 4.92. The van der Waals surface area contributed by atoms with Gasteiger partial charge in [0.25, 0.3) is 5.89 Å². The van der Waals surface area contributed by atoms with Crippen LogP contribution in [0.1, 0.15) is 5.56 Å². The van der Waals surface area contributed by atoms with Crippen LogP contribution in [-0.2, 0) is 0 Å². The average Bonchev–Trinajstić information content (AvgIpc) is 3.39. The van der Waals surface area contributed by atoms with Gasteiger partial charge in [0.05, 0.1) is 18.1 Å². The number of rotatable bonds is 5. The first kappa shape index (κ1) is 22.7. The number of hydrogen-bond acceptors (Lipinski definition) is 7. The van der Waals surface area contributed by atoms with Gasteiger partial charge in [0.1, 0.15) is 11.7 Å². The molecule has 5 rings (SSSR count). The molecule has 4 aromatic rings. The van der Waals surface area contributed by atoms with E-state index in [-0.39, 0.29) is 19.0 Å². The quantitative estimate of drug-likeness (QED) is 0.447. The third-order valence-corrected chi connectivity index (χ3v) is 5.77. The van der Waals surface area contributed by atoms with Crippen LogP contribution in [0.15, 0.2) is 78.0 Å². The Bertz CT molecular complexity index is 1320. The monoisotopic (exact) mass is 478 g/mol. The van der Waals surface area contributed by atoms with Crippen molar-refractivity contribution in [3.63, 3.8) is 0 Å². The van der Waals surface area contributed by atoms with Gasteiger partial charge in [-0.05, 0) is 17.7 Å². The summed E-state index contributed by atoms with van der Waals surface area (Å²) in [6, 6.07) is 15.1. The topological polar surface area (TPSA) is 80.0 Å². The Balaban J connectivity index is 1.33. The Kier molecular flexibility index (Phi) is 6.04. The van der Waals surface area contributed by atoms with Crippen LogP contribution in [-0.4, -0.2) is 56.9 Å². The predicted octanol–water partition coefficient (Wildman–Crippen LogP) is 4.67. The molecule has 7 nitrogen and oxygen atoms in total. The van der Waals surface area contributed by atoms with Crippen LogP contribution in [0.4, 0.5) is 13.2 Å². The summed E-state index contributed by atoms with van der Waals surface area (Å²) < 4.78 is 45.1. The first-order valence-electron chi connectivity index (χ1n) is 10.9. The number of aromatic nitrogens is 4. The molecule has 1 aliphatic rings. The maximum absolute atomic E-state index is 13.1. The molecular formula is C25H21F3N6O. The van der Waals surface area contributed by atoms with E-state index in [0.29, 0.717) is 29.5 Å². The summed E-state index contributed by atoms with van der Waals surface area (Å²) in [7, 11) is 0. The van der Waals surface area contributed by atoms with Crippen molar-refractivity contribution in [2.45, 2.75) is 12.2 Å². The molecule has 0 bridgehead atoms. The van der Waals surface area contributed by atoms with Crippen LogP contribution in [0.25, 0.3) is 40.0 Å². The highest BCUT2D eigenvalue weighted by atomic mass is 19.4. The smallest absolute Gasteiger partial charge is 0.405 e. The van der Waals surface area contributed by atoms with Crippen molar-refractivity contribution in [1.82, 2.24) is 30.4 Å². The molecule has 2 aromatic heterocycles. The molecule has 0 spiro atoms. The van der Waals surface area contributed by atoms with E-state index in [1.165, 1.54) is 0 Å². The van der Waals surface area contributed by atoms with E-state index in [1.54, 1.807) is 17.3 Å². The second-order valence-corrected chi connectivity index (χ2v) is 8.09. The lowest BCUT2D eigenvalue weighted by molar-refractivity contribution is -0.162. The molecule has 1 N–H and O–H groups in total. The van der Waals surface area contributed by atoms with E-state index >= 15 is 0 Å². The molecule has 1 unspecified atom stereocenters. The molecule has 1 saturated heterocycles. The van der Waals surface area contributed by atoms with Crippen molar-refractivity contribution in [3.8, 4) is 34.3 Å². The predicted molar refractivity (Wildman–Crippen MR) is 125 cm³/mol. The zero-order valence-corrected chi connectivity index (χ0v) is 18.5. The van der Waals surface area contributed by atoms with Crippen molar-refractivity contribution < 1.29 is 17.6 Å². The number of benzene rings is 2. The maximum atomic E-state index is 13.1. The molecule has 35 heavy (non-hydrogen) atoms. The van der Waals surface area contributed by atoms with E-state index in [0.717, 1.165) is 16.7 Å². The molecule has 0 saturated carbocycles. The fourth-order valence-corrected chi connectivity index (χ4v) is 3.86. The highest BCUT2D eigenvalue weighted by Crippen LogP contribution is 2.28. The number of halogens is 3. The summed E-state index contributed by atoms with van der Waals surface area (Å²) in [4.78, 5) is 10.5. The lowest BCUT2D eigenvalue weighted by Crippen LogP contribution is -2.56. The van der Waals surface area contributed by atoms with Crippen LogP contribution < -0.4 is 5.32 Å². The normalized spacial score (nSPS) is 16.3. The van der Waals surface area contributed by atoms with Gasteiger partial charge in [-0.3, -0.25) is 4.98 Å². The van der Waals surface area contributed by atoms with Gasteiger partial charge in [-0.25, -0.2) is 4.98 Å². The first-order chi connectivity index (χ1) is 16.9. The molecule has 1 fully saturated rings. The van der Waals surface area contributed by atoms with Crippen LogP contribution in [0.3, 0.4) is 0 Å². The minimum Gasteiger partial charge on any atom is -0.415 e. The van der Waals surface area contributed by atoms with E-state index in [9.17, 15) is 13.2 Å². The number of nitrogens with zero attached hydrogens (tertiary/aromatic N) is 5. The van der Waals surface area contributed by atoms with Crippen molar-refractivity contribution in [3.05, 3.63) is 79.1 Å². The van der Waals surface area contributed by atoms with Gasteiger partial charge in [0.2, 0.25) is 5.89 Å². The van der Waals surface area contributed by atoms with Crippen molar-refractivity contribution in [2.75, 3.05) is 19.6 Å². The average molecular weight is 478 g/mol. The largest absolute Gasteiger partial charge is 0.415 e. The summed E-state index contributed by atoms with van der Waals surface area (Å²) in [5, 5.41) is 10.7. The van der Waals surface area contributed by atoms with Gasteiger partial charge in [0.15, 0.2) is 0 Å². The maximum Gasteiger partial charge on any atom is 0.405 e. The summed E-state index contributed by atoms with van der Waals surface area (Å²) in [6.45, 7) is 4.55. The Morgan fingerprint density at radius 1 is 0.943 bits per heavy atom. The van der Waals surface area contributed by atoms with E-state index < -0.39 is 12.2 Å². The number of hydrogen-bond donors (Lipinski definition) is 1. The summed E-state index contributed by atoms with van der Waals surface area (Å²) in [6.07, 6.45) is -1.14. The third-order valence-electron chi connectivity index (χ3n) is 5.77. The Morgan fingerprint density at radius 2 is 1.66 bits per heavy atom. The molecule has 0 aliphatic carbocycles. The van der Waals surface area contributed by atoms with Gasteiger partial charge in [-0.15, -0.1) is 10.2 Å². The molecule has 1 atom stereocenters. The molecule has 2 aromatic carbocycles. The summed E-state index contributed by atoms with van der Waals surface area (Å²) in [5.41, 5.74) is 3.91. The van der Waals surface area contributed by atoms with Gasteiger partial charge >= 0.3 is 6.18 Å². The molecule has 0 amide bonds. The minimum atomic E-state index is -4.30. The van der Waals surface area contributed by atoms with Crippen LogP contribution >= 0.6 is 0 Å². The van der Waals surface area contributed by atoms with Crippen LogP contribution in [0.2, 0.25) is 0 Å². The van der Waals surface area contributed by atoms with Crippen molar-refractivity contribution in [2.24, 2.45) is 0 Å². The fraction of sp³-hybridized carbons (Fsp3) is 0.200. The summed E-state index contributed by atoms with van der Waals surface area (Å²) >= 11 is 0. The number of alkyl halides is 3. The second kappa shape index (κ2) is 9.30. The number of piperazine rings is 1. The fourth-order valence-electron chi connectivity index (χ4n) is 3.86. The highest BCUT2D eigenvalue weighted by molar-refractivity contribution is 5.68. The second-order valence-electron chi connectivity index (χ2n) is 8.09. The zero-order chi connectivity index (χ0) is 24.4. The van der Waals surface area contributed by atoms with E-state index in [4.69, 9.17) is 4.42 Å². The zero-order valence-electron chi connectivity index (χ0n) is 18.5. The van der Waals surface area contributed by atoms with E-state index in [1.807, 2.05) is 54.6 Å². The summed E-state index contributed by atoms with van der Waals surface area (Å²) in [5.74, 6) is 0.637. The minimum absolute atomic E-state index is 0.174. The van der Waals surface area contributed by atoms with Crippen LogP contribution in [0, 0.1) is 0 Å². The number of nitrogens with one attached hydrogen (secondary N) is 1. The van der Waals surface area contributed by atoms with Gasteiger partial charge in [-0.1, -0.05) is 49.0 Å². The Hall–Kier alpha value is -4.05. The molecule has 1 aliphatic heterocycles. The van der Waals surface area contributed by atoms with Crippen molar-refractivity contribution in [1.29, 1.82) is 0 Å². The lowest BCUT2D eigenvalue weighted by atomic mass is 10.1. The van der Waals surface area contributed by atoms with E-state index in [2.05, 4.69) is 32.1 Å². The molecule has 10 heteroatoms. The highest BCUT2D eigenvalue weighted by Gasteiger charge is 2.42. The molecule has 178 valence electrons. The molecule has 0 radical (unpaired) electrons.